The third-order valence-corrected chi connectivity index (χ3v) is 3.00. The second-order valence-electron chi connectivity index (χ2n) is 6.21. The van der Waals surface area contributed by atoms with Gasteiger partial charge in [0.2, 0.25) is 0 Å². The molecule has 0 aliphatic carbocycles. The zero-order chi connectivity index (χ0) is 15.5. The number of benzene rings is 2. The predicted molar refractivity (Wildman–Crippen MR) is 85.3 cm³/mol. The molecule has 0 saturated heterocycles. The lowest BCUT2D eigenvalue weighted by Crippen LogP contribution is -2.25. The molecule has 3 heteroatoms. The van der Waals surface area contributed by atoms with Gasteiger partial charge in [-0.1, -0.05) is 12.1 Å². The molecule has 0 aromatic heterocycles. The van der Waals surface area contributed by atoms with Gasteiger partial charge in [0, 0.05) is 11.2 Å². The number of halogens is 1. The monoisotopic (exact) mass is 287 g/mol. The van der Waals surface area contributed by atoms with E-state index < -0.39 is 0 Å². The number of rotatable bonds is 4. The average Bonchev–Trinajstić information content (AvgIpc) is 2.39. The van der Waals surface area contributed by atoms with Gasteiger partial charge < -0.3 is 10.1 Å². The van der Waals surface area contributed by atoms with Crippen molar-refractivity contribution in [3.05, 3.63) is 59.9 Å². The largest absolute Gasteiger partial charge is 0.486 e. The molecular formula is C18H22FNO. The van der Waals surface area contributed by atoms with E-state index in [4.69, 9.17) is 4.74 Å². The van der Waals surface area contributed by atoms with Crippen molar-refractivity contribution in [2.45, 2.75) is 39.3 Å². The molecule has 112 valence electrons. The van der Waals surface area contributed by atoms with Crippen LogP contribution in [-0.2, 0) is 0 Å². The van der Waals surface area contributed by atoms with Crippen LogP contribution in [0, 0.1) is 5.82 Å². The Bertz CT molecular complexity index is 587. The molecule has 0 heterocycles. The Balaban J connectivity index is 2.03. The van der Waals surface area contributed by atoms with Gasteiger partial charge in [0.05, 0.1) is 0 Å². The number of hydrogen-bond acceptors (Lipinski definition) is 2. The van der Waals surface area contributed by atoms with Crippen molar-refractivity contribution < 1.29 is 9.13 Å². The van der Waals surface area contributed by atoms with E-state index in [2.05, 4.69) is 26.1 Å². The van der Waals surface area contributed by atoms with Crippen LogP contribution in [0.1, 0.15) is 39.4 Å². The van der Waals surface area contributed by atoms with Crippen LogP contribution in [0.3, 0.4) is 0 Å². The number of hydrogen-bond donors (Lipinski definition) is 1. The molecule has 1 atom stereocenters. The summed E-state index contributed by atoms with van der Waals surface area (Å²) >= 11 is 0. The first-order chi connectivity index (χ1) is 9.83. The quantitative estimate of drug-likeness (QED) is 0.837. The van der Waals surface area contributed by atoms with Gasteiger partial charge in [-0.3, -0.25) is 0 Å². The SMILES string of the molecule is CC(Oc1ccc(NC(C)(C)C)cc1)c1cccc(F)c1. The third kappa shape index (κ3) is 4.78. The van der Waals surface area contributed by atoms with E-state index >= 15 is 0 Å². The molecule has 2 aromatic carbocycles. The lowest BCUT2D eigenvalue weighted by Gasteiger charge is -2.22. The van der Waals surface area contributed by atoms with Gasteiger partial charge in [0.1, 0.15) is 17.7 Å². The zero-order valence-corrected chi connectivity index (χ0v) is 13.0. The van der Waals surface area contributed by atoms with E-state index in [1.54, 1.807) is 6.07 Å². The molecule has 0 fully saturated rings. The Hall–Kier alpha value is -2.03. The smallest absolute Gasteiger partial charge is 0.123 e. The van der Waals surface area contributed by atoms with Crippen molar-refractivity contribution in [3.8, 4) is 5.75 Å². The van der Waals surface area contributed by atoms with E-state index in [0.717, 1.165) is 17.0 Å². The molecule has 2 aromatic rings. The summed E-state index contributed by atoms with van der Waals surface area (Å²) in [5, 5.41) is 3.40. The van der Waals surface area contributed by atoms with Crippen LogP contribution < -0.4 is 10.1 Å². The summed E-state index contributed by atoms with van der Waals surface area (Å²) in [7, 11) is 0. The lowest BCUT2D eigenvalue weighted by molar-refractivity contribution is 0.226. The zero-order valence-electron chi connectivity index (χ0n) is 13.0. The fraction of sp³-hybridized carbons (Fsp3) is 0.333. The highest BCUT2D eigenvalue weighted by Gasteiger charge is 2.10. The second-order valence-corrected chi connectivity index (χ2v) is 6.21. The molecule has 0 spiro atoms. The summed E-state index contributed by atoms with van der Waals surface area (Å²) in [6.07, 6.45) is -0.192. The topological polar surface area (TPSA) is 21.3 Å². The van der Waals surface area contributed by atoms with Crippen LogP contribution in [-0.4, -0.2) is 5.54 Å². The van der Waals surface area contributed by atoms with Crippen molar-refractivity contribution in [2.75, 3.05) is 5.32 Å². The van der Waals surface area contributed by atoms with Gasteiger partial charge in [-0.2, -0.15) is 0 Å². The van der Waals surface area contributed by atoms with Crippen LogP contribution in [0.2, 0.25) is 0 Å². The average molecular weight is 287 g/mol. The van der Waals surface area contributed by atoms with Crippen molar-refractivity contribution in [2.24, 2.45) is 0 Å². The fourth-order valence-electron chi connectivity index (χ4n) is 2.08. The first-order valence-corrected chi connectivity index (χ1v) is 7.14. The van der Waals surface area contributed by atoms with Gasteiger partial charge in [-0.05, 0) is 69.7 Å². The van der Waals surface area contributed by atoms with Crippen LogP contribution in [0.5, 0.6) is 5.75 Å². The van der Waals surface area contributed by atoms with Crippen LogP contribution in [0.25, 0.3) is 0 Å². The van der Waals surface area contributed by atoms with Crippen LogP contribution in [0.15, 0.2) is 48.5 Å². The Kier molecular flexibility index (Phi) is 4.51. The molecule has 2 rings (SSSR count). The first-order valence-electron chi connectivity index (χ1n) is 7.14. The normalized spacial score (nSPS) is 12.8. The molecule has 2 nitrogen and oxygen atoms in total. The van der Waals surface area contributed by atoms with E-state index in [0.29, 0.717) is 0 Å². The minimum absolute atomic E-state index is 0.0250. The van der Waals surface area contributed by atoms with E-state index in [1.165, 1.54) is 12.1 Å². The molecular weight excluding hydrogens is 265 g/mol. The van der Waals surface area contributed by atoms with Crippen LogP contribution in [0.4, 0.5) is 10.1 Å². The Morgan fingerprint density at radius 2 is 1.71 bits per heavy atom. The molecule has 21 heavy (non-hydrogen) atoms. The summed E-state index contributed by atoms with van der Waals surface area (Å²) in [4.78, 5) is 0. The lowest BCUT2D eigenvalue weighted by atomic mass is 10.1. The Morgan fingerprint density at radius 1 is 1.05 bits per heavy atom. The first kappa shape index (κ1) is 15.4. The van der Waals surface area contributed by atoms with Crippen molar-refractivity contribution >= 4 is 5.69 Å². The number of nitrogens with one attached hydrogen (secondary N) is 1. The summed E-state index contributed by atoms with van der Waals surface area (Å²) in [5.41, 5.74) is 1.90. The van der Waals surface area contributed by atoms with Gasteiger partial charge >= 0.3 is 0 Å². The Morgan fingerprint density at radius 3 is 2.29 bits per heavy atom. The van der Waals surface area contributed by atoms with Crippen LogP contribution >= 0.6 is 0 Å². The maximum Gasteiger partial charge on any atom is 0.123 e. The summed E-state index contributed by atoms with van der Waals surface area (Å²) < 4.78 is 19.1. The van der Waals surface area contributed by atoms with Gasteiger partial charge in [0.15, 0.2) is 0 Å². The molecule has 0 aliphatic rings. The maximum atomic E-state index is 13.2. The molecule has 0 bridgehead atoms. The van der Waals surface area contributed by atoms with E-state index in [-0.39, 0.29) is 17.5 Å². The van der Waals surface area contributed by atoms with Gasteiger partial charge in [0.25, 0.3) is 0 Å². The number of anilines is 1. The highest BCUT2D eigenvalue weighted by atomic mass is 19.1. The molecule has 0 amide bonds. The third-order valence-electron chi connectivity index (χ3n) is 3.00. The summed E-state index contributed by atoms with van der Waals surface area (Å²) in [5.74, 6) is 0.527. The minimum Gasteiger partial charge on any atom is -0.486 e. The van der Waals surface area contributed by atoms with Crippen molar-refractivity contribution in [3.63, 3.8) is 0 Å². The molecule has 0 saturated carbocycles. The molecule has 0 radical (unpaired) electrons. The van der Waals surface area contributed by atoms with E-state index in [1.807, 2.05) is 37.3 Å². The fourth-order valence-corrected chi connectivity index (χ4v) is 2.08. The summed E-state index contributed by atoms with van der Waals surface area (Å²) in [6, 6.07) is 14.3. The van der Waals surface area contributed by atoms with Crippen molar-refractivity contribution in [1.29, 1.82) is 0 Å². The van der Waals surface area contributed by atoms with Gasteiger partial charge in [-0.25, -0.2) is 4.39 Å². The van der Waals surface area contributed by atoms with Gasteiger partial charge in [-0.15, -0.1) is 0 Å². The predicted octanol–water partition coefficient (Wildman–Crippen LogP) is 5.18. The standard InChI is InChI=1S/C18H22FNO/c1-13(14-6-5-7-15(19)12-14)21-17-10-8-16(9-11-17)20-18(2,3)4/h5-13,20H,1-4H3. The van der Waals surface area contributed by atoms with E-state index in [9.17, 15) is 4.39 Å². The van der Waals surface area contributed by atoms with Crippen molar-refractivity contribution in [1.82, 2.24) is 0 Å². The molecule has 1 unspecified atom stereocenters. The highest BCUT2D eigenvalue weighted by Crippen LogP contribution is 2.24. The summed E-state index contributed by atoms with van der Waals surface area (Å²) in [6.45, 7) is 8.26. The number of ether oxygens (including phenoxy) is 1. The highest BCUT2D eigenvalue weighted by molar-refractivity contribution is 5.48. The second kappa shape index (κ2) is 6.17. The molecule has 0 aliphatic heterocycles. The molecule has 1 N–H and O–H groups in total. The Labute approximate surface area is 126 Å². The minimum atomic E-state index is -0.243. The maximum absolute atomic E-state index is 13.2.